The van der Waals surface area contributed by atoms with Crippen LogP contribution < -0.4 is 9.74 Å². The molecular formula is C15H26N2O3Si. The molecule has 1 rings (SSSR count). The molecule has 0 heterocycles. The van der Waals surface area contributed by atoms with Crippen molar-refractivity contribution in [3.8, 4) is 5.75 Å². The number of hydrogen-bond acceptors (Lipinski definition) is 4. The summed E-state index contributed by atoms with van der Waals surface area (Å²) in [5.74, 6) is 0.690. The van der Waals surface area contributed by atoms with Crippen LogP contribution in [0, 0.1) is 10.1 Å². The summed E-state index contributed by atoms with van der Waals surface area (Å²) in [6.45, 7) is 14.7. The highest BCUT2D eigenvalue weighted by Crippen LogP contribution is 2.39. The van der Waals surface area contributed by atoms with Crippen LogP contribution in [-0.4, -0.2) is 19.3 Å². The third-order valence-electron chi connectivity index (χ3n) is 3.79. The van der Waals surface area contributed by atoms with Gasteiger partial charge in [-0.15, -0.1) is 0 Å². The molecule has 0 saturated heterocycles. The Balaban J connectivity index is 3.14. The molecule has 0 aliphatic heterocycles. The van der Waals surface area contributed by atoms with E-state index < -0.39 is 8.32 Å². The molecule has 0 amide bonds. The van der Waals surface area contributed by atoms with Crippen LogP contribution in [-0.2, 0) is 0 Å². The van der Waals surface area contributed by atoms with E-state index in [0.717, 1.165) is 0 Å². The van der Waals surface area contributed by atoms with Gasteiger partial charge in [0, 0.05) is 18.2 Å². The number of nitro groups is 1. The van der Waals surface area contributed by atoms with E-state index in [1.165, 1.54) is 6.07 Å². The van der Waals surface area contributed by atoms with Crippen molar-refractivity contribution in [2.45, 2.75) is 58.8 Å². The monoisotopic (exact) mass is 310 g/mol. The molecule has 5 nitrogen and oxygen atoms in total. The molecule has 0 saturated carbocycles. The van der Waals surface area contributed by atoms with E-state index in [-0.39, 0.29) is 21.7 Å². The summed E-state index contributed by atoms with van der Waals surface area (Å²) in [5.41, 5.74) is 0.581. The lowest BCUT2D eigenvalue weighted by atomic mass is 10.2. The van der Waals surface area contributed by atoms with E-state index in [1.54, 1.807) is 12.1 Å². The fourth-order valence-corrected chi connectivity index (χ4v) is 2.63. The Kier molecular flexibility index (Phi) is 5.04. The number of hydrogen-bond donors (Lipinski definition) is 1. The van der Waals surface area contributed by atoms with Crippen LogP contribution in [0.15, 0.2) is 18.2 Å². The van der Waals surface area contributed by atoms with Crippen molar-refractivity contribution in [3.63, 3.8) is 0 Å². The summed E-state index contributed by atoms with van der Waals surface area (Å²) in [5, 5.41) is 14.3. The predicted octanol–water partition coefficient (Wildman–Crippen LogP) is 4.80. The number of nitrogens with zero attached hydrogens (tertiary/aromatic N) is 1. The van der Waals surface area contributed by atoms with Crippen LogP contribution in [0.25, 0.3) is 0 Å². The maximum atomic E-state index is 11.1. The molecule has 1 aromatic carbocycles. The highest BCUT2D eigenvalue weighted by molar-refractivity contribution is 6.74. The molecule has 0 aliphatic carbocycles. The van der Waals surface area contributed by atoms with Gasteiger partial charge in [0.15, 0.2) is 0 Å². The first-order valence-electron chi connectivity index (χ1n) is 7.18. The van der Waals surface area contributed by atoms with Gasteiger partial charge in [-0.2, -0.15) is 0 Å². The molecule has 6 heteroatoms. The minimum atomic E-state index is -1.95. The third-order valence-corrected chi connectivity index (χ3v) is 8.15. The number of rotatable bonds is 5. The van der Waals surface area contributed by atoms with Crippen molar-refractivity contribution in [1.82, 2.24) is 0 Å². The van der Waals surface area contributed by atoms with Gasteiger partial charge in [-0.05, 0) is 38.0 Å². The Bertz CT molecular complexity index is 522. The SMILES string of the molecule is CC(C)Nc1cc(O[Si](C)(C)C(C)(C)C)ccc1[N+](=O)[O-]. The van der Waals surface area contributed by atoms with Gasteiger partial charge in [0.2, 0.25) is 8.32 Å². The lowest BCUT2D eigenvalue weighted by Crippen LogP contribution is -2.43. The van der Waals surface area contributed by atoms with E-state index in [4.69, 9.17) is 4.43 Å². The molecule has 0 fully saturated rings. The van der Waals surface area contributed by atoms with Crippen molar-refractivity contribution < 1.29 is 9.35 Å². The standard InChI is InChI=1S/C15H26N2O3Si/c1-11(2)16-13-10-12(8-9-14(13)17(18)19)20-21(6,7)15(3,4)5/h8-11,16H,1-7H3. The Morgan fingerprint density at radius 2 is 1.86 bits per heavy atom. The summed E-state index contributed by atoms with van der Waals surface area (Å²) < 4.78 is 6.20. The summed E-state index contributed by atoms with van der Waals surface area (Å²) >= 11 is 0. The van der Waals surface area contributed by atoms with Gasteiger partial charge in [-0.3, -0.25) is 10.1 Å². The van der Waals surface area contributed by atoms with E-state index in [0.29, 0.717) is 11.4 Å². The minimum absolute atomic E-state index is 0.0753. The van der Waals surface area contributed by atoms with Crippen LogP contribution in [0.4, 0.5) is 11.4 Å². The molecule has 1 aromatic rings. The molecule has 118 valence electrons. The normalized spacial score (nSPS) is 12.4. The molecule has 0 aliphatic rings. The number of nitro benzene ring substituents is 1. The first-order valence-corrected chi connectivity index (χ1v) is 10.1. The Morgan fingerprint density at radius 1 is 1.29 bits per heavy atom. The van der Waals surface area contributed by atoms with Crippen molar-refractivity contribution in [2.75, 3.05) is 5.32 Å². The van der Waals surface area contributed by atoms with Gasteiger partial charge in [-0.25, -0.2) is 0 Å². The molecule has 0 spiro atoms. The maximum absolute atomic E-state index is 11.1. The fourth-order valence-electron chi connectivity index (χ4n) is 1.61. The van der Waals surface area contributed by atoms with E-state index in [2.05, 4.69) is 39.2 Å². The lowest BCUT2D eigenvalue weighted by Gasteiger charge is -2.36. The summed E-state index contributed by atoms with van der Waals surface area (Å²) in [6.07, 6.45) is 0. The first kappa shape index (κ1) is 17.5. The van der Waals surface area contributed by atoms with E-state index in [1.807, 2.05) is 13.8 Å². The predicted molar refractivity (Wildman–Crippen MR) is 89.7 cm³/mol. The third kappa shape index (κ3) is 4.46. The summed E-state index contributed by atoms with van der Waals surface area (Å²) in [7, 11) is -1.95. The van der Waals surface area contributed by atoms with Crippen molar-refractivity contribution >= 4 is 19.7 Å². The van der Waals surface area contributed by atoms with Gasteiger partial charge in [0.1, 0.15) is 11.4 Å². The maximum Gasteiger partial charge on any atom is 0.292 e. The highest BCUT2D eigenvalue weighted by Gasteiger charge is 2.39. The average molecular weight is 310 g/mol. The zero-order chi connectivity index (χ0) is 16.4. The molecule has 0 unspecified atom stereocenters. The minimum Gasteiger partial charge on any atom is -0.543 e. The van der Waals surface area contributed by atoms with Crippen LogP contribution in [0.3, 0.4) is 0 Å². The van der Waals surface area contributed by atoms with Gasteiger partial charge in [0.25, 0.3) is 5.69 Å². The molecule has 0 bridgehead atoms. The molecule has 0 aromatic heterocycles. The second-order valence-corrected chi connectivity index (χ2v) is 11.8. The largest absolute Gasteiger partial charge is 0.543 e. The van der Waals surface area contributed by atoms with Crippen LogP contribution >= 0.6 is 0 Å². The smallest absolute Gasteiger partial charge is 0.292 e. The van der Waals surface area contributed by atoms with Crippen LogP contribution in [0.1, 0.15) is 34.6 Å². The average Bonchev–Trinajstić information content (AvgIpc) is 2.25. The van der Waals surface area contributed by atoms with E-state index >= 15 is 0 Å². The van der Waals surface area contributed by atoms with Crippen molar-refractivity contribution in [1.29, 1.82) is 0 Å². The molecular weight excluding hydrogens is 284 g/mol. The summed E-state index contributed by atoms with van der Waals surface area (Å²) in [4.78, 5) is 10.7. The van der Waals surface area contributed by atoms with Gasteiger partial charge < -0.3 is 9.74 Å². The van der Waals surface area contributed by atoms with Crippen LogP contribution in [0.5, 0.6) is 5.75 Å². The number of nitrogens with one attached hydrogen (secondary N) is 1. The topological polar surface area (TPSA) is 64.4 Å². The van der Waals surface area contributed by atoms with Gasteiger partial charge in [0.05, 0.1) is 4.92 Å². The second-order valence-electron chi connectivity index (χ2n) is 7.10. The molecule has 1 N–H and O–H groups in total. The van der Waals surface area contributed by atoms with Gasteiger partial charge >= 0.3 is 0 Å². The Labute approximate surface area is 128 Å². The Morgan fingerprint density at radius 3 is 2.29 bits per heavy atom. The summed E-state index contributed by atoms with van der Waals surface area (Å²) in [6, 6.07) is 5.04. The molecule has 21 heavy (non-hydrogen) atoms. The van der Waals surface area contributed by atoms with Crippen molar-refractivity contribution in [3.05, 3.63) is 28.3 Å². The Hall–Kier alpha value is -1.56. The van der Waals surface area contributed by atoms with Gasteiger partial charge in [-0.1, -0.05) is 20.8 Å². The quantitative estimate of drug-likeness (QED) is 0.482. The van der Waals surface area contributed by atoms with Crippen LogP contribution in [0.2, 0.25) is 18.1 Å². The fraction of sp³-hybridized carbons (Fsp3) is 0.600. The lowest BCUT2D eigenvalue weighted by molar-refractivity contribution is -0.384. The highest BCUT2D eigenvalue weighted by atomic mass is 28.4. The molecule has 0 radical (unpaired) electrons. The number of benzene rings is 1. The second kappa shape index (κ2) is 6.05. The molecule has 0 atom stereocenters. The first-order chi connectivity index (χ1) is 9.44. The van der Waals surface area contributed by atoms with E-state index in [9.17, 15) is 10.1 Å². The zero-order valence-corrected chi connectivity index (χ0v) is 15.0. The zero-order valence-electron chi connectivity index (χ0n) is 14.0. The number of anilines is 1. The van der Waals surface area contributed by atoms with Crippen molar-refractivity contribution in [2.24, 2.45) is 0 Å².